The molecule has 1 N–H and O–H groups in total. The zero-order chi connectivity index (χ0) is 31.8. The number of aliphatic hydroxyl groups excluding tert-OH is 1. The first-order chi connectivity index (χ1) is 20.0. The van der Waals surface area contributed by atoms with E-state index in [2.05, 4.69) is 0 Å². The molecule has 12 heteroatoms. The van der Waals surface area contributed by atoms with Crippen molar-refractivity contribution in [1.29, 1.82) is 0 Å². The number of esters is 5. The molecule has 0 aromatic rings. The number of fused-ring (bicyclic) bond motifs is 2. The summed E-state index contributed by atoms with van der Waals surface area (Å²) in [7, 11) is 0. The molecule has 2 heterocycles. The van der Waals surface area contributed by atoms with E-state index in [1.807, 2.05) is 20.8 Å². The van der Waals surface area contributed by atoms with Crippen LogP contribution in [0.15, 0.2) is 11.6 Å². The molecular formula is C31H42O12. The van der Waals surface area contributed by atoms with Crippen molar-refractivity contribution in [3.05, 3.63) is 11.6 Å². The first-order valence-corrected chi connectivity index (χ1v) is 15.0. The molecule has 0 aromatic carbocycles. The SMILES string of the molecule is CCC(C)C(=O)O[C@H]1C(=O)OC2CC3C(C)=C[C@H](OC(C)=O)[C@@H](OC(C)=O)[C@]3(C)C3[C@@H](O)[C@@H](OC(C)=O)[C@@]4(C)OC[C@@]23C14. The summed E-state index contributed by atoms with van der Waals surface area (Å²) in [5.41, 5.74) is -2.91. The average molecular weight is 607 g/mol. The van der Waals surface area contributed by atoms with Crippen LogP contribution in [0.3, 0.4) is 0 Å². The van der Waals surface area contributed by atoms with Crippen molar-refractivity contribution in [2.24, 2.45) is 34.5 Å². The Morgan fingerprint density at radius 1 is 1.00 bits per heavy atom. The van der Waals surface area contributed by atoms with Crippen molar-refractivity contribution in [1.82, 2.24) is 0 Å². The number of carbonyl (C=O) groups excluding carboxylic acids is 5. The van der Waals surface area contributed by atoms with Crippen molar-refractivity contribution in [2.75, 3.05) is 6.61 Å². The highest BCUT2D eigenvalue weighted by atomic mass is 16.6. The van der Waals surface area contributed by atoms with E-state index in [9.17, 15) is 29.1 Å². The average Bonchev–Trinajstić information content (AvgIpc) is 3.17. The maximum Gasteiger partial charge on any atom is 0.348 e. The van der Waals surface area contributed by atoms with Crippen LogP contribution in [-0.2, 0) is 52.4 Å². The molecule has 2 saturated heterocycles. The smallest absolute Gasteiger partial charge is 0.348 e. The van der Waals surface area contributed by atoms with Gasteiger partial charge < -0.3 is 33.5 Å². The molecule has 12 nitrogen and oxygen atoms in total. The number of aliphatic hydroxyl groups is 1. The second-order valence-electron chi connectivity index (χ2n) is 13.3. The van der Waals surface area contributed by atoms with E-state index in [1.54, 1.807) is 19.9 Å². The molecule has 1 spiro atoms. The van der Waals surface area contributed by atoms with Crippen LogP contribution in [0.4, 0.5) is 0 Å². The summed E-state index contributed by atoms with van der Waals surface area (Å²) in [6, 6.07) is 0. The van der Waals surface area contributed by atoms with Crippen LogP contribution in [0.25, 0.3) is 0 Å². The predicted octanol–water partition coefficient (Wildman–Crippen LogP) is 2.03. The van der Waals surface area contributed by atoms with Crippen molar-refractivity contribution >= 4 is 29.8 Å². The lowest BCUT2D eigenvalue weighted by Crippen LogP contribution is -2.79. The highest BCUT2D eigenvalue weighted by Crippen LogP contribution is 2.73. The minimum absolute atomic E-state index is 0.0148. The summed E-state index contributed by atoms with van der Waals surface area (Å²) in [5.74, 6) is -5.87. The lowest BCUT2D eigenvalue weighted by atomic mass is 9.38. The molecule has 2 bridgehead atoms. The number of hydrogen-bond donors (Lipinski definition) is 1. The molecule has 5 rings (SSSR count). The van der Waals surface area contributed by atoms with E-state index in [-0.39, 0.29) is 6.61 Å². The Morgan fingerprint density at radius 3 is 2.19 bits per heavy atom. The molecule has 0 aromatic heterocycles. The lowest BCUT2D eigenvalue weighted by Gasteiger charge is -2.69. The summed E-state index contributed by atoms with van der Waals surface area (Å²) >= 11 is 0. The molecule has 2 saturated carbocycles. The molecule has 4 fully saturated rings. The highest BCUT2D eigenvalue weighted by molar-refractivity contribution is 5.82. The van der Waals surface area contributed by atoms with Crippen LogP contribution in [0.5, 0.6) is 0 Å². The minimum atomic E-state index is -1.44. The second-order valence-corrected chi connectivity index (χ2v) is 13.3. The van der Waals surface area contributed by atoms with Crippen molar-refractivity contribution in [3.8, 4) is 0 Å². The van der Waals surface area contributed by atoms with Gasteiger partial charge in [0.05, 0.1) is 24.5 Å². The summed E-state index contributed by atoms with van der Waals surface area (Å²) in [6.07, 6.45) is -4.37. The van der Waals surface area contributed by atoms with Gasteiger partial charge in [-0.25, -0.2) is 4.79 Å². The number of allylic oxidation sites excluding steroid dienone is 1. The summed E-state index contributed by atoms with van der Waals surface area (Å²) in [5, 5.41) is 12.3. The van der Waals surface area contributed by atoms with E-state index in [4.69, 9.17) is 28.4 Å². The zero-order valence-electron chi connectivity index (χ0n) is 25.9. The fourth-order valence-electron chi connectivity index (χ4n) is 9.21. The second kappa shape index (κ2) is 10.6. The Kier molecular flexibility index (Phi) is 7.73. The monoisotopic (exact) mass is 606 g/mol. The Hall–Kier alpha value is -2.99. The van der Waals surface area contributed by atoms with Crippen molar-refractivity contribution in [3.63, 3.8) is 0 Å². The van der Waals surface area contributed by atoms with Crippen LogP contribution in [0, 0.1) is 34.5 Å². The number of ether oxygens (including phenoxy) is 6. The van der Waals surface area contributed by atoms with Gasteiger partial charge in [0.1, 0.15) is 17.8 Å². The molecular weight excluding hydrogens is 564 g/mol. The van der Waals surface area contributed by atoms with Crippen LogP contribution in [0.1, 0.15) is 68.2 Å². The molecule has 0 amide bonds. The quantitative estimate of drug-likeness (QED) is 0.267. The zero-order valence-corrected chi connectivity index (χ0v) is 25.9. The van der Waals surface area contributed by atoms with Gasteiger partial charge in [-0.2, -0.15) is 0 Å². The molecule has 5 unspecified atom stereocenters. The molecule has 5 aliphatic rings. The Bertz CT molecular complexity index is 1260. The van der Waals surface area contributed by atoms with Gasteiger partial charge in [-0.15, -0.1) is 0 Å². The van der Waals surface area contributed by atoms with E-state index < -0.39 is 107 Å². The maximum absolute atomic E-state index is 13.7. The van der Waals surface area contributed by atoms with Gasteiger partial charge in [-0.05, 0) is 38.7 Å². The fourth-order valence-corrected chi connectivity index (χ4v) is 9.21. The summed E-state index contributed by atoms with van der Waals surface area (Å²) in [4.78, 5) is 64.0. The molecule has 13 atom stereocenters. The molecule has 43 heavy (non-hydrogen) atoms. The molecule has 238 valence electrons. The van der Waals surface area contributed by atoms with Crippen molar-refractivity contribution in [2.45, 2.75) is 110 Å². The van der Waals surface area contributed by atoms with Gasteiger partial charge >= 0.3 is 29.8 Å². The van der Waals surface area contributed by atoms with Gasteiger partial charge in [0.15, 0.2) is 12.2 Å². The normalized spacial score (nSPS) is 44.9. The lowest BCUT2D eigenvalue weighted by molar-refractivity contribution is -0.306. The number of hydrogen-bond acceptors (Lipinski definition) is 12. The standard InChI is InChI=1S/C31H42O12/c1-9-13(2)27(36)43-22-24-30(8)26(41-17(6)34)21(35)23-29(7)18(11-20(42-28(22)37)31(23,24)12-38-30)14(3)10-19(39-15(4)32)25(29)40-16(5)33/h10,13,18-26,35H,9,11-12H2,1-8H3/t13?,18?,19-,20?,21+,22+,23?,24?,25+,26+,29-,30-,31+/m0/s1. The third-order valence-electron chi connectivity index (χ3n) is 10.9. The summed E-state index contributed by atoms with van der Waals surface area (Å²) in [6.45, 7) is 12.6. The van der Waals surface area contributed by atoms with Crippen LogP contribution in [-0.4, -0.2) is 83.8 Å². The van der Waals surface area contributed by atoms with E-state index >= 15 is 0 Å². The first kappa shape index (κ1) is 31.4. The Morgan fingerprint density at radius 2 is 1.60 bits per heavy atom. The summed E-state index contributed by atoms with van der Waals surface area (Å²) < 4.78 is 35.8. The minimum Gasteiger partial charge on any atom is -0.459 e. The number of carbonyl (C=O) groups is 5. The Balaban J connectivity index is 1.75. The largest absolute Gasteiger partial charge is 0.459 e. The van der Waals surface area contributed by atoms with Crippen LogP contribution in [0.2, 0.25) is 0 Å². The number of rotatable bonds is 6. The maximum atomic E-state index is 13.7. The third-order valence-corrected chi connectivity index (χ3v) is 10.9. The van der Waals surface area contributed by atoms with Gasteiger partial charge in [-0.1, -0.05) is 26.3 Å². The van der Waals surface area contributed by atoms with Crippen LogP contribution < -0.4 is 0 Å². The molecule has 0 radical (unpaired) electrons. The van der Waals surface area contributed by atoms with E-state index in [0.717, 1.165) is 5.57 Å². The van der Waals surface area contributed by atoms with E-state index in [0.29, 0.717) is 12.8 Å². The van der Waals surface area contributed by atoms with Gasteiger partial charge in [0.25, 0.3) is 0 Å². The highest BCUT2D eigenvalue weighted by Gasteiger charge is 2.83. The van der Waals surface area contributed by atoms with Gasteiger partial charge in [0, 0.05) is 37.5 Å². The molecule has 2 aliphatic heterocycles. The van der Waals surface area contributed by atoms with E-state index in [1.165, 1.54) is 20.8 Å². The topological polar surface area (TPSA) is 161 Å². The fraction of sp³-hybridized carbons (Fsp3) is 0.774. The third kappa shape index (κ3) is 4.42. The predicted molar refractivity (Wildman–Crippen MR) is 146 cm³/mol. The molecule has 3 aliphatic carbocycles. The van der Waals surface area contributed by atoms with Gasteiger partial charge in [0.2, 0.25) is 6.10 Å². The Labute approximate surface area is 250 Å². The van der Waals surface area contributed by atoms with Crippen molar-refractivity contribution < 1.29 is 57.5 Å². The first-order valence-electron chi connectivity index (χ1n) is 15.0. The van der Waals surface area contributed by atoms with Crippen LogP contribution >= 0.6 is 0 Å². The van der Waals surface area contributed by atoms with Gasteiger partial charge in [-0.3, -0.25) is 19.2 Å².